The normalized spacial score (nSPS) is 47.0. The molecule has 1 saturated heterocycles. The third-order valence-electron chi connectivity index (χ3n) is 8.87. The topological polar surface area (TPSA) is 18.5 Å². The lowest BCUT2D eigenvalue weighted by atomic mass is 9.49. The number of fused-ring (bicyclic) bond motifs is 4. The fourth-order valence-corrected chi connectivity index (χ4v) is 7.26. The van der Waals surface area contributed by atoms with Crippen LogP contribution in [0.2, 0.25) is 0 Å². The van der Waals surface area contributed by atoms with Crippen LogP contribution in [0.5, 0.6) is 0 Å². The van der Waals surface area contributed by atoms with E-state index in [9.17, 15) is 0 Å². The average molecular weight is 361 g/mol. The molecule has 0 radical (unpaired) electrons. The molecule has 4 fully saturated rings. The first kappa shape index (κ1) is 19.0. The van der Waals surface area contributed by atoms with Gasteiger partial charge in [0.1, 0.15) is 0 Å². The van der Waals surface area contributed by atoms with Gasteiger partial charge in [0, 0.05) is 17.3 Å². The summed E-state index contributed by atoms with van der Waals surface area (Å²) in [6, 6.07) is 0. The van der Waals surface area contributed by atoms with Crippen molar-refractivity contribution in [2.45, 2.75) is 91.8 Å². The predicted molar refractivity (Wildman–Crippen MR) is 107 cm³/mol. The van der Waals surface area contributed by atoms with E-state index in [-0.39, 0.29) is 16.6 Å². The molecule has 26 heavy (non-hydrogen) atoms. The summed E-state index contributed by atoms with van der Waals surface area (Å²) in [7, 11) is 0. The highest BCUT2D eigenvalue weighted by Gasteiger charge is 2.66. The van der Waals surface area contributed by atoms with Gasteiger partial charge >= 0.3 is 0 Å². The summed E-state index contributed by atoms with van der Waals surface area (Å²) in [6.07, 6.45) is 15.2. The van der Waals surface area contributed by atoms with Crippen molar-refractivity contribution in [2.24, 2.45) is 34.0 Å². The molecule has 1 spiro atoms. The molecule has 0 aromatic rings. The zero-order valence-corrected chi connectivity index (χ0v) is 17.8. The van der Waals surface area contributed by atoms with Gasteiger partial charge in [0.05, 0.1) is 13.2 Å². The molecule has 0 N–H and O–H groups in total. The second-order valence-electron chi connectivity index (χ2n) is 11.2. The Morgan fingerprint density at radius 3 is 2.27 bits per heavy atom. The van der Waals surface area contributed by atoms with Gasteiger partial charge in [-0.2, -0.15) is 0 Å². The molecule has 1 heterocycles. The van der Waals surface area contributed by atoms with Gasteiger partial charge in [-0.25, -0.2) is 0 Å². The van der Waals surface area contributed by atoms with E-state index in [1.54, 1.807) is 0 Å². The van der Waals surface area contributed by atoms with Crippen molar-refractivity contribution in [1.29, 1.82) is 0 Å². The van der Waals surface area contributed by atoms with Crippen LogP contribution in [-0.4, -0.2) is 19.0 Å². The summed E-state index contributed by atoms with van der Waals surface area (Å²) in [4.78, 5) is 0. The van der Waals surface area contributed by atoms with E-state index >= 15 is 0 Å². The van der Waals surface area contributed by atoms with E-state index in [0.717, 1.165) is 37.4 Å². The molecular weight excluding hydrogens is 320 g/mol. The van der Waals surface area contributed by atoms with Crippen molar-refractivity contribution >= 4 is 0 Å². The van der Waals surface area contributed by atoms with Gasteiger partial charge in [-0.05, 0) is 68.6 Å². The lowest BCUT2D eigenvalue weighted by molar-refractivity contribution is -0.347. The Morgan fingerprint density at radius 1 is 0.885 bits per heavy atom. The van der Waals surface area contributed by atoms with Crippen LogP contribution in [0.25, 0.3) is 0 Å². The Balaban J connectivity index is 1.58. The quantitative estimate of drug-likeness (QED) is 0.534. The van der Waals surface area contributed by atoms with Gasteiger partial charge in [-0.1, -0.05) is 46.3 Å². The maximum absolute atomic E-state index is 6.58. The molecule has 3 aliphatic carbocycles. The Morgan fingerprint density at radius 2 is 1.58 bits per heavy atom. The van der Waals surface area contributed by atoms with Gasteiger partial charge in [-0.3, -0.25) is 0 Å². The van der Waals surface area contributed by atoms with Crippen molar-refractivity contribution < 1.29 is 9.47 Å². The van der Waals surface area contributed by atoms with E-state index in [0.29, 0.717) is 5.41 Å². The molecule has 0 amide bonds. The first-order valence-electron chi connectivity index (χ1n) is 11.1. The van der Waals surface area contributed by atoms with Crippen LogP contribution >= 0.6 is 0 Å². The summed E-state index contributed by atoms with van der Waals surface area (Å²) in [5, 5.41) is 0. The molecule has 3 saturated carbocycles. The third-order valence-corrected chi connectivity index (χ3v) is 8.87. The largest absolute Gasteiger partial charge is 0.349 e. The van der Waals surface area contributed by atoms with E-state index < -0.39 is 0 Å². The van der Waals surface area contributed by atoms with Crippen LogP contribution in [0.1, 0.15) is 86.0 Å². The van der Waals surface area contributed by atoms with Crippen LogP contribution in [-0.2, 0) is 9.47 Å². The third kappa shape index (κ3) is 2.73. The highest BCUT2D eigenvalue weighted by molar-refractivity contribution is 5.12. The maximum atomic E-state index is 6.58. The fourth-order valence-electron chi connectivity index (χ4n) is 7.26. The smallest absolute Gasteiger partial charge is 0.173 e. The first-order valence-corrected chi connectivity index (χ1v) is 11.1. The number of ether oxygens (including phenoxy) is 2. The van der Waals surface area contributed by atoms with Gasteiger partial charge < -0.3 is 9.47 Å². The standard InChI is InChI=1S/C24H40O2/c1-6-7-12-22(4)13-8-9-18-19(22)10-14-23(5)20(18)11-15-24(23)25-16-21(2,3)17-26-24/h6-7,18-20H,8-17H2,1-5H3. The Kier molecular flexibility index (Phi) is 4.63. The van der Waals surface area contributed by atoms with Gasteiger partial charge in [0.25, 0.3) is 0 Å². The zero-order valence-electron chi connectivity index (χ0n) is 17.8. The van der Waals surface area contributed by atoms with Gasteiger partial charge in [0.15, 0.2) is 5.79 Å². The molecule has 0 aromatic heterocycles. The first-order chi connectivity index (χ1) is 12.3. The highest BCUT2D eigenvalue weighted by atomic mass is 16.7. The predicted octanol–water partition coefficient (Wildman–Crippen LogP) is 6.35. The van der Waals surface area contributed by atoms with E-state index in [1.165, 1.54) is 44.9 Å². The molecule has 0 aromatic carbocycles. The second-order valence-corrected chi connectivity index (χ2v) is 11.2. The lowest BCUT2D eigenvalue weighted by Gasteiger charge is -2.59. The highest BCUT2D eigenvalue weighted by Crippen LogP contribution is 2.67. The summed E-state index contributed by atoms with van der Waals surface area (Å²) >= 11 is 0. The van der Waals surface area contributed by atoms with Crippen LogP contribution in [0.15, 0.2) is 12.2 Å². The SMILES string of the molecule is CC=CCC1(C)CCCC2C1CCC1(C)C2CCC12OCC(C)(C)CO2. The maximum Gasteiger partial charge on any atom is 0.173 e. The minimum absolute atomic E-state index is 0.160. The molecule has 2 nitrogen and oxygen atoms in total. The van der Waals surface area contributed by atoms with Gasteiger partial charge in [0.2, 0.25) is 0 Å². The van der Waals surface area contributed by atoms with Crippen LogP contribution in [0.3, 0.4) is 0 Å². The van der Waals surface area contributed by atoms with Crippen molar-refractivity contribution in [2.75, 3.05) is 13.2 Å². The zero-order chi connectivity index (χ0) is 18.6. The minimum atomic E-state index is -0.296. The molecule has 5 unspecified atom stereocenters. The Bertz CT molecular complexity index is 555. The lowest BCUT2D eigenvalue weighted by Crippen LogP contribution is -2.59. The number of hydrogen-bond donors (Lipinski definition) is 0. The second kappa shape index (κ2) is 6.34. The van der Waals surface area contributed by atoms with Crippen molar-refractivity contribution in [3.8, 4) is 0 Å². The molecular formula is C24H40O2. The van der Waals surface area contributed by atoms with E-state index in [4.69, 9.17) is 9.47 Å². The number of allylic oxidation sites excluding steroid dienone is 2. The summed E-state index contributed by atoms with van der Waals surface area (Å²) < 4.78 is 13.2. The average Bonchev–Trinajstić information content (AvgIpc) is 2.89. The van der Waals surface area contributed by atoms with E-state index in [1.807, 2.05) is 0 Å². The molecule has 5 atom stereocenters. The van der Waals surface area contributed by atoms with Crippen LogP contribution < -0.4 is 0 Å². The minimum Gasteiger partial charge on any atom is -0.349 e. The van der Waals surface area contributed by atoms with Crippen LogP contribution in [0.4, 0.5) is 0 Å². The van der Waals surface area contributed by atoms with Crippen molar-refractivity contribution in [1.82, 2.24) is 0 Å². The fraction of sp³-hybridized carbons (Fsp3) is 0.917. The van der Waals surface area contributed by atoms with Crippen molar-refractivity contribution in [3.63, 3.8) is 0 Å². The molecule has 4 rings (SSSR count). The van der Waals surface area contributed by atoms with Crippen LogP contribution in [0, 0.1) is 34.0 Å². The van der Waals surface area contributed by atoms with E-state index in [2.05, 4.69) is 46.8 Å². The Hall–Kier alpha value is -0.340. The molecule has 1 aliphatic heterocycles. The Labute approximate surface area is 161 Å². The molecule has 148 valence electrons. The number of rotatable bonds is 2. The molecule has 4 aliphatic rings. The van der Waals surface area contributed by atoms with Crippen molar-refractivity contribution in [3.05, 3.63) is 12.2 Å². The summed E-state index contributed by atoms with van der Waals surface area (Å²) in [6.45, 7) is 13.5. The summed E-state index contributed by atoms with van der Waals surface area (Å²) in [5.74, 6) is 2.25. The number of hydrogen-bond acceptors (Lipinski definition) is 2. The van der Waals surface area contributed by atoms with Gasteiger partial charge in [-0.15, -0.1) is 0 Å². The molecule has 0 bridgehead atoms. The molecule has 2 heteroatoms. The summed E-state index contributed by atoms with van der Waals surface area (Å²) in [5.41, 5.74) is 0.874. The monoisotopic (exact) mass is 360 g/mol.